The van der Waals surface area contributed by atoms with Gasteiger partial charge in [0.05, 0.1) is 26.6 Å². The lowest BCUT2D eigenvalue weighted by Gasteiger charge is -2.15. The SMILES string of the molecule is Cc1cc(C(=O)[O-])cc(S(=O)(=O)Nc2cccc(Cl)c2Cl)c1C. The van der Waals surface area contributed by atoms with Crippen LogP contribution in [0.3, 0.4) is 0 Å². The largest absolute Gasteiger partial charge is 0.545 e. The first kappa shape index (κ1) is 17.6. The van der Waals surface area contributed by atoms with Gasteiger partial charge in [-0.3, -0.25) is 4.72 Å². The summed E-state index contributed by atoms with van der Waals surface area (Å²) >= 11 is 11.8. The van der Waals surface area contributed by atoms with E-state index in [1.807, 2.05) is 0 Å². The maximum absolute atomic E-state index is 12.6. The highest BCUT2D eigenvalue weighted by Gasteiger charge is 2.21. The summed E-state index contributed by atoms with van der Waals surface area (Å²) in [5.41, 5.74) is 0.839. The highest BCUT2D eigenvalue weighted by molar-refractivity contribution is 7.92. The highest BCUT2D eigenvalue weighted by Crippen LogP contribution is 2.32. The molecule has 0 fully saturated rings. The molecule has 1 N–H and O–H groups in total. The van der Waals surface area contributed by atoms with Crippen LogP contribution in [0.15, 0.2) is 35.2 Å². The Hall–Kier alpha value is -1.76. The monoisotopic (exact) mass is 372 g/mol. The van der Waals surface area contributed by atoms with Gasteiger partial charge in [-0.1, -0.05) is 29.3 Å². The molecule has 2 aromatic carbocycles. The Labute approximate surface area is 143 Å². The van der Waals surface area contributed by atoms with Crippen molar-refractivity contribution in [2.45, 2.75) is 18.7 Å². The second-order valence-corrected chi connectivity index (χ2v) is 7.35. The predicted molar refractivity (Wildman–Crippen MR) is 87.5 cm³/mol. The molecule has 0 amide bonds. The van der Waals surface area contributed by atoms with Crippen LogP contribution in [-0.4, -0.2) is 14.4 Å². The van der Waals surface area contributed by atoms with E-state index in [-0.39, 0.29) is 26.2 Å². The zero-order valence-electron chi connectivity index (χ0n) is 12.2. The molecule has 0 aliphatic carbocycles. The van der Waals surface area contributed by atoms with Gasteiger partial charge in [-0.15, -0.1) is 0 Å². The van der Waals surface area contributed by atoms with Crippen LogP contribution in [-0.2, 0) is 10.0 Å². The normalized spacial score (nSPS) is 11.3. The third kappa shape index (κ3) is 3.60. The molecule has 0 bridgehead atoms. The topological polar surface area (TPSA) is 86.3 Å². The van der Waals surface area contributed by atoms with Gasteiger partial charge in [0.1, 0.15) is 0 Å². The number of carbonyl (C=O) groups is 1. The van der Waals surface area contributed by atoms with Gasteiger partial charge in [0.25, 0.3) is 10.0 Å². The number of halogens is 2. The van der Waals surface area contributed by atoms with Crippen LogP contribution in [0.5, 0.6) is 0 Å². The van der Waals surface area contributed by atoms with Crippen molar-refractivity contribution in [2.24, 2.45) is 0 Å². The third-order valence-electron chi connectivity index (χ3n) is 3.34. The summed E-state index contributed by atoms with van der Waals surface area (Å²) < 4.78 is 27.5. The molecule has 122 valence electrons. The number of carboxylic acid groups (broad SMARTS) is 1. The molecule has 0 heterocycles. The Balaban J connectivity index is 2.56. The Kier molecular flexibility index (Phi) is 4.89. The summed E-state index contributed by atoms with van der Waals surface area (Å²) in [5, 5.41) is 11.3. The van der Waals surface area contributed by atoms with Crippen molar-refractivity contribution in [1.82, 2.24) is 0 Å². The van der Waals surface area contributed by atoms with E-state index in [4.69, 9.17) is 23.2 Å². The molecule has 8 heteroatoms. The number of benzene rings is 2. The maximum atomic E-state index is 12.6. The lowest BCUT2D eigenvalue weighted by Crippen LogP contribution is -2.24. The Morgan fingerprint density at radius 1 is 1.17 bits per heavy atom. The van der Waals surface area contributed by atoms with Gasteiger partial charge in [0.2, 0.25) is 0 Å². The molecule has 2 rings (SSSR count). The molecule has 0 aliphatic rings. The minimum Gasteiger partial charge on any atom is -0.545 e. The van der Waals surface area contributed by atoms with Crippen LogP contribution in [0, 0.1) is 13.8 Å². The second-order valence-electron chi connectivity index (χ2n) is 4.91. The third-order valence-corrected chi connectivity index (χ3v) is 5.65. The van der Waals surface area contributed by atoms with Crippen LogP contribution >= 0.6 is 23.2 Å². The molecule has 2 aromatic rings. The van der Waals surface area contributed by atoms with Gasteiger partial charge in [0.15, 0.2) is 0 Å². The van der Waals surface area contributed by atoms with Gasteiger partial charge in [0, 0.05) is 0 Å². The summed E-state index contributed by atoms with van der Waals surface area (Å²) in [6, 6.07) is 6.93. The second kappa shape index (κ2) is 6.39. The summed E-state index contributed by atoms with van der Waals surface area (Å²) in [7, 11) is -4.05. The number of rotatable bonds is 4. The molecule has 0 spiro atoms. The number of anilines is 1. The number of carboxylic acids is 1. The van der Waals surface area contributed by atoms with Crippen LogP contribution in [0.25, 0.3) is 0 Å². The van der Waals surface area contributed by atoms with Crippen molar-refractivity contribution in [1.29, 1.82) is 0 Å². The van der Waals surface area contributed by atoms with Gasteiger partial charge >= 0.3 is 0 Å². The zero-order valence-corrected chi connectivity index (χ0v) is 14.5. The molecule has 0 radical (unpaired) electrons. The Bertz CT molecular complexity index is 895. The Morgan fingerprint density at radius 2 is 1.83 bits per heavy atom. The number of aromatic carboxylic acids is 1. The quantitative estimate of drug-likeness (QED) is 0.893. The lowest BCUT2D eigenvalue weighted by atomic mass is 10.1. The maximum Gasteiger partial charge on any atom is 0.262 e. The van der Waals surface area contributed by atoms with E-state index in [9.17, 15) is 18.3 Å². The van der Waals surface area contributed by atoms with Crippen molar-refractivity contribution < 1.29 is 18.3 Å². The van der Waals surface area contributed by atoms with Gasteiger partial charge in [-0.05, 0) is 54.8 Å². The highest BCUT2D eigenvalue weighted by atomic mass is 35.5. The summed E-state index contributed by atoms with van der Waals surface area (Å²) in [6.45, 7) is 3.20. The fourth-order valence-electron chi connectivity index (χ4n) is 2.01. The smallest absolute Gasteiger partial charge is 0.262 e. The van der Waals surface area contributed by atoms with E-state index in [1.165, 1.54) is 18.2 Å². The average molecular weight is 373 g/mol. The molecule has 0 unspecified atom stereocenters. The van der Waals surface area contributed by atoms with Crippen molar-refractivity contribution in [2.75, 3.05) is 4.72 Å². The number of hydrogen-bond acceptors (Lipinski definition) is 4. The predicted octanol–water partition coefficient (Wildman–Crippen LogP) is 2.77. The van der Waals surface area contributed by atoms with E-state index in [0.717, 1.165) is 6.07 Å². The standard InChI is InChI=1S/C15H13Cl2NO4S/c1-8-6-10(15(19)20)7-13(9(8)2)23(21,22)18-12-5-3-4-11(16)14(12)17/h3-7,18H,1-2H3,(H,19,20)/p-1. The van der Waals surface area contributed by atoms with Crippen LogP contribution in [0.4, 0.5) is 5.69 Å². The lowest BCUT2D eigenvalue weighted by molar-refractivity contribution is -0.255. The molecule has 23 heavy (non-hydrogen) atoms. The first-order valence-electron chi connectivity index (χ1n) is 6.43. The molecule has 0 aliphatic heterocycles. The molecular formula is C15H12Cl2NO4S-. The van der Waals surface area contributed by atoms with E-state index in [0.29, 0.717) is 11.1 Å². The number of nitrogens with one attached hydrogen (secondary N) is 1. The van der Waals surface area contributed by atoms with Crippen molar-refractivity contribution in [3.63, 3.8) is 0 Å². The first-order chi connectivity index (χ1) is 10.6. The molecule has 5 nitrogen and oxygen atoms in total. The van der Waals surface area contributed by atoms with E-state index >= 15 is 0 Å². The molecule has 0 saturated heterocycles. The number of sulfonamides is 1. The Morgan fingerprint density at radius 3 is 2.43 bits per heavy atom. The zero-order chi connectivity index (χ0) is 17.4. The van der Waals surface area contributed by atoms with Gasteiger partial charge in [-0.25, -0.2) is 8.42 Å². The summed E-state index contributed by atoms with van der Waals surface area (Å²) in [4.78, 5) is 10.9. The van der Waals surface area contributed by atoms with Gasteiger partial charge < -0.3 is 9.90 Å². The van der Waals surface area contributed by atoms with Crippen LogP contribution in [0.1, 0.15) is 21.5 Å². The average Bonchev–Trinajstić information content (AvgIpc) is 2.46. The van der Waals surface area contributed by atoms with Crippen molar-refractivity contribution in [3.8, 4) is 0 Å². The summed E-state index contributed by atoms with van der Waals surface area (Å²) in [6.07, 6.45) is 0. The molecule has 0 aromatic heterocycles. The van der Waals surface area contributed by atoms with Crippen molar-refractivity contribution >= 4 is 44.9 Å². The van der Waals surface area contributed by atoms with Crippen molar-refractivity contribution in [3.05, 3.63) is 57.1 Å². The minimum atomic E-state index is -4.05. The number of aryl methyl sites for hydroxylation is 1. The fraction of sp³-hybridized carbons (Fsp3) is 0.133. The summed E-state index contributed by atoms with van der Waals surface area (Å²) in [5.74, 6) is -1.45. The molecular weight excluding hydrogens is 361 g/mol. The fourth-order valence-corrected chi connectivity index (χ4v) is 3.83. The number of carbonyl (C=O) groups excluding carboxylic acids is 1. The van der Waals surface area contributed by atoms with E-state index in [2.05, 4.69) is 4.72 Å². The van der Waals surface area contributed by atoms with Gasteiger partial charge in [-0.2, -0.15) is 0 Å². The van der Waals surface area contributed by atoms with Crippen LogP contribution in [0.2, 0.25) is 10.0 Å². The minimum absolute atomic E-state index is 0.0585. The first-order valence-corrected chi connectivity index (χ1v) is 8.67. The molecule has 0 saturated carbocycles. The molecule has 0 atom stereocenters. The number of hydrogen-bond donors (Lipinski definition) is 1. The van der Waals surface area contributed by atoms with E-state index < -0.39 is 16.0 Å². The van der Waals surface area contributed by atoms with E-state index in [1.54, 1.807) is 19.9 Å². The van der Waals surface area contributed by atoms with Crippen LogP contribution < -0.4 is 9.83 Å².